The van der Waals surface area contributed by atoms with Crippen LogP contribution in [0.1, 0.15) is 17.3 Å². The van der Waals surface area contributed by atoms with E-state index in [1.807, 2.05) is 0 Å². The lowest BCUT2D eigenvalue weighted by Gasteiger charge is -2.08. The maximum absolute atomic E-state index is 11.5. The van der Waals surface area contributed by atoms with E-state index < -0.39 is 22.8 Å². The Kier molecular flexibility index (Phi) is 3.76. The maximum Gasteiger partial charge on any atom is 0.325 e. The Morgan fingerprint density at radius 3 is 2.29 bits per heavy atom. The number of rotatable bonds is 4. The van der Waals surface area contributed by atoms with E-state index >= 15 is 0 Å². The number of aliphatic carboxylic acids is 1. The van der Waals surface area contributed by atoms with Gasteiger partial charge in [0.2, 0.25) is 0 Å². The molecule has 0 spiro atoms. The van der Waals surface area contributed by atoms with Crippen LogP contribution in [0.3, 0.4) is 0 Å². The Bertz CT molecular complexity index is 454. The summed E-state index contributed by atoms with van der Waals surface area (Å²) >= 11 is 0. The van der Waals surface area contributed by atoms with Crippen LogP contribution in [0, 0.1) is 10.1 Å². The number of nitrogens with one attached hydrogen (secondary N) is 1. The molecule has 0 fully saturated rings. The minimum atomic E-state index is -1.15. The predicted molar refractivity (Wildman–Crippen MR) is 57.7 cm³/mol. The molecule has 0 unspecified atom stereocenters. The van der Waals surface area contributed by atoms with E-state index in [0.717, 1.165) is 0 Å². The molecule has 1 aromatic carbocycles. The number of nitro groups is 1. The minimum Gasteiger partial charge on any atom is -0.480 e. The summed E-state index contributed by atoms with van der Waals surface area (Å²) in [7, 11) is 0. The van der Waals surface area contributed by atoms with Crippen molar-refractivity contribution in [1.29, 1.82) is 0 Å². The van der Waals surface area contributed by atoms with Crippen molar-refractivity contribution in [3.8, 4) is 0 Å². The summed E-state index contributed by atoms with van der Waals surface area (Å²) < 4.78 is 0. The summed E-state index contributed by atoms with van der Waals surface area (Å²) in [5.41, 5.74) is 0.0385. The Hall–Kier alpha value is -2.44. The molecule has 17 heavy (non-hydrogen) atoms. The van der Waals surface area contributed by atoms with Crippen LogP contribution >= 0.6 is 0 Å². The van der Waals surface area contributed by atoms with E-state index in [2.05, 4.69) is 5.32 Å². The average Bonchev–Trinajstić information content (AvgIpc) is 2.28. The zero-order chi connectivity index (χ0) is 13.0. The molecule has 1 rings (SSSR count). The molecule has 7 heteroatoms. The number of nitro benzene ring substituents is 1. The van der Waals surface area contributed by atoms with Gasteiger partial charge in [0.05, 0.1) is 4.92 Å². The summed E-state index contributed by atoms with van der Waals surface area (Å²) in [6.45, 7) is 1.33. The molecule has 2 N–H and O–H groups in total. The third-order valence-electron chi connectivity index (χ3n) is 2.06. The van der Waals surface area contributed by atoms with Crippen molar-refractivity contribution in [3.63, 3.8) is 0 Å². The SMILES string of the molecule is C[C@@H](NC(=O)c1ccc([N+](=O)[O-])cc1)C(=O)O. The fourth-order valence-corrected chi connectivity index (χ4v) is 1.08. The normalized spacial score (nSPS) is 11.6. The first-order valence-electron chi connectivity index (χ1n) is 4.70. The van der Waals surface area contributed by atoms with Crippen LogP contribution in [0.5, 0.6) is 0 Å². The second kappa shape index (κ2) is 5.06. The van der Waals surface area contributed by atoms with E-state index in [4.69, 9.17) is 5.11 Å². The second-order valence-corrected chi connectivity index (χ2v) is 3.34. The van der Waals surface area contributed by atoms with Gasteiger partial charge in [0.25, 0.3) is 11.6 Å². The molecule has 0 aliphatic carbocycles. The number of benzene rings is 1. The van der Waals surface area contributed by atoms with E-state index in [9.17, 15) is 19.7 Å². The maximum atomic E-state index is 11.5. The third-order valence-corrected chi connectivity index (χ3v) is 2.06. The van der Waals surface area contributed by atoms with Gasteiger partial charge < -0.3 is 10.4 Å². The van der Waals surface area contributed by atoms with Crippen molar-refractivity contribution in [3.05, 3.63) is 39.9 Å². The van der Waals surface area contributed by atoms with Crippen LogP contribution in [-0.2, 0) is 4.79 Å². The lowest BCUT2D eigenvalue weighted by atomic mass is 10.2. The highest BCUT2D eigenvalue weighted by Gasteiger charge is 2.15. The molecule has 90 valence electrons. The standard InChI is InChI=1S/C10H10N2O5/c1-6(10(14)15)11-9(13)7-2-4-8(5-3-7)12(16)17/h2-6H,1H3,(H,11,13)(H,14,15)/t6-/m1/s1. The summed E-state index contributed by atoms with van der Waals surface area (Å²) in [6, 6.07) is 3.88. The van der Waals surface area contributed by atoms with Gasteiger partial charge in [-0.3, -0.25) is 19.7 Å². The van der Waals surface area contributed by atoms with Gasteiger partial charge >= 0.3 is 5.97 Å². The quantitative estimate of drug-likeness (QED) is 0.595. The largest absolute Gasteiger partial charge is 0.480 e. The molecule has 0 bridgehead atoms. The van der Waals surface area contributed by atoms with E-state index in [1.165, 1.54) is 31.2 Å². The molecule has 7 nitrogen and oxygen atoms in total. The van der Waals surface area contributed by atoms with Gasteiger partial charge in [0, 0.05) is 17.7 Å². The summed E-state index contributed by atoms with van der Waals surface area (Å²) in [5, 5.41) is 21.2. The molecular formula is C10H10N2O5. The average molecular weight is 238 g/mol. The number of amides is 1. The molecule has 0 saturated heterocycles. The number of hydrogen-bond acceptors (Lipinski definition) is 4. The number of carbonyl (C=O) groups excluding carboxylic acids is 1. The minimum absolute atomic E-state index is 0.132. The van der Waals surface area contributed by atoms with Crippen molar-refractivity contribution in [2.45, 2.75) is 13.0 Å². The third kappa shape index (κ3) is 3.26. The van der Waals surface area contributed by atoms with Gasteiger partial charge in [0.1, 0.15) is 6.04 Å². The molecule has 1 atom stereocenters. The Balaban J connectivity index is 2.77. The van der Waals surface area contributed by atoms with Crippen LogP contribution < -0.4 is 5.32 Å². The summed E-state index contributed by atoms with van der Waals surface area (Å²) in [4.78, 5) is 31.8. The van der Waals surface area contributed by atoms with E-state index in [-0.39, 0.29) is 11.3 Å². The number of hydrogen-bond donors (Lipinski definition) is 2. The van der Waals surface area contributed by atoms with Crippen molar-refractivity contribution in [2.24, 2.45) is 0 Å². The van der Waals surface area contributed by atoms with Gasteiger partial charge in [-0.15, -0.1) is 0 Å². The van der Waals surface area contributed by atoms with E-state index in [0.29, 0.717) is 0 Å². The molecule has 0 radical (unpaired) electrons. The van der Waals surface area contributed by atoms with Gasteiger partial charge in [-0.05, 0) is 19.1 Å². The first-order chi connectivity index (χ1) is 7.91. The van der Waals surface area contributed by atoms with Crippen LogP contribution in [0.15, 0.2) is 24.3 Å². The number of carboxylic acids is 1. The highest BCUT2D eigenvalue weighted by molar-refractivity contribution is 5.96. The summed E-state index contributed by atoms with van der Waals surface area (Å²) in [6.07, 6.45) is 0. The molecule has 1 amide bonds. The smallest absolute Gasteiger partial charge is 0.325 e. The molecule has 1 aromatic rings. The van der Waals surface area contributed by atoms with Crippen LogP contribution in [0.4, 0.5) is 5.69 Å². The molecule has 0 saturated carbocycles. The Morgan fingerprint density at radius 1 is 1.35 bits per heavy atom. The monoisotopic (exact) mass is 238 g/mol. The Morgan fingerprint density at radius 2 is 1.88 bits per heavy atom. The highest BCUT2D eigenvalue weighted by Crippen LogP contribution is 2.11. The highest BCUT2D eigenvalue weighted by atomic mass is 16.6. The fourth-order valence-electron chi connectivity index (χ4n) is 1.08. The van der Waals surface area contributed by atoms with Gasteiger partial charge in [-0.2, -0.15) is 0 Å². The summed E-state index contributed by atoms with van der Waals surface area (Å²) in [5.74, 6) is -1.74. The first kappa shape index (κ1) is 12.6. The second-order valence-electron chi connectivity index (χ2n) is 3.34. The zero-order valence-corrected chi connectivity index (χ0v) is 8.91. The molecule has 0 aromatic heterocycles. The number of carbonyl (C=O) groups is 2. The topological polar surface area (TPSA) is 110 Å². The zero-order valence-electron chi connectivity index (χ0n) is 8.91. The number of non-ortho nitro benzene ring substituents is 1. The number of nitrogens with zero attached hydrogens (tertiary/aromatic N) is 1. The lowest BCUT2D eigenvalue weighted by molar-refractivity contribution is -0.384. The van der Waals surface area contributed by atoms with Crippen molar-refractivity contribution >= 4 is 17.6 Å². The molecule has 0 heterocycles. The van der Waals surface area contributed by atoms with Gasteiger partial charge in [0.15, 0.2) is 0 Å². The van der Waals surface area contributed by atoms with Crippen LogP contribution in [-0.4, -0.2) is 27.9 Å². The van der Waals surface area contributed by atoms with Gasteiger partial charge in [-0.25, -0.2) is 0 Å². The molecule has 0 aliphatic rings. The van der Waals surface area contributed by atoms with E-state index in [1.54, 1.807) is 0 Å². The fraction of sp³-hybridized carbons (Fsp3) is 0.200. The van der Waals surface area contributed by atoms with Crippen molar-refractivity contribution in [1.82, 2.24) is 5.32 Å². The Labute approximate surface area is 96.2 Å². The molecule has 0 aliphatic heterocycles. The van der Waals surface area contributed by atoms with Crippen LogP contribution in [0.25, 0.3) is 0 Å². The number of carboxylic acid groups (broad SMARTS) is 1. The van der Waals surface area contributed by atoms with Crippen LogP contribution in [0.2, 0.25) is 0 Å². The van der Waals surface area contributed by atoms with Crippen molar-refractivity contribution in [2.75, 3.05) is 0 Å². The molecular weight excluding hydrogens is 228 g/mol. The predicted octanol–water partition coefficient (Wildman–Crippen LogP) is 0.798. The van der Waals surface area contributed by atoms with Crippen molar-refractivity contribution < 1.29 is 19.6 Å². The lowest BCUT2D eigenvalue weighted by Crippen LogP contribution is -2.38. The first-order valence-corrected chi connectivity index (χ1v) is 4.70. The van der Waals surface area contributed by atoms with Gasteiger partial charge in [-0.1, -0.05) is 0 Å².